The van der Waals surface area contributed by atoms with Crippen LogP contribution in [0.25, 0.3) is 0 Å². The highest BCUT2D eigenvalue weighted by molar-refractivity contribution is 7.89. The van der Waals surface area contributed by atoms with Crippen LogP contribution in [-0.4, -0.2) is 45.2 Å². The number of benzene rings is 2. The SMILES string of the molecule is CCCCc1ccc(N2CC(C(=O)Nc3cc(S(=O)(=O)N(C)C)ccc3C)CC2=O)cc1. The van der Waals surface area contributed by atoms with Crippen LogP contribution < -0.4 is 10.2 Å². The number of anilines is 2. The average molecular weight is 458 g/mol. The Hall–Kier alpha value is -2.71. The fraction of sp³-hybridized carbons (Fsp3) is 0.417. The molecule has 1 atom stereocenters. The zero-order valence-corrected chi connectivity index (χ0v) is 19.9. The van der Waals surface area contributed by atoms with Gasteiger partial charge in [0.15, 0.2) is 0 Å². The first-order chi connectivity index (χ1) is 15.1. The van der Waals surface area contributed by atoms with Gasteiger partial charge in [0.1, 0.15) is 0 Å². The van der Waals surface area contributed by atoms with Gasteiger partial charge in [-0.2, -0.15) is 0 Å². The Labute approximate surface area is 190 Å². The number of carbonyl (C=O) groups excluding carboxylic acids is 2. The van der Waals surface area contributed by atoms with Crippen molar-refractivity contribution < 1.29 is 18.0 Å². The van der Waals surface area contributed by atoms with Crippen LogP contribution in [0.1, 0.15) is 37.3 Å². The molecular formula is C24H31N3O4S. The number of amides is 2. The third-order valence-corrected chi connectivity index (χ3v) is 7.62. The molecule has 32 heavy (non-hydrogen) atoms. The molecule has 0 aliphatic carbocycles. The van der Waals surface area contributed by atoms with E-state index >= 15 is 0 Å². The minimum Gasteiger partial charge on any atom is -0.325 e. The number of hydrogen-bond donors (Lipinski definition) is 1. The van der Waals surface area contributed by atoms with Gasteiger partial charge in [-0.05, 0) is 55.2 Å². The first-order valence-electron chi connectivity index (χ1n) is 10.9. The lowest BCUT2D eigenvalue weighted by atomic mass is 10.1. The van der Waals surface area contributed by atoms with Gasteiger partial charge >= 0.3 is 0 Å². The normalized spacial score (nSPS) is 16.6. The molecule has 1 aliphatic rings. The van der Waals surface area contributed by atoms with Gasteiger partial charge in [0, 0.05) is 38.4 Å². The largest absolute Gasteiger partial charge is 0.325 e. The lowest BCUT2D eigenvalue weighted by molar-refractivity contribution is -0.122. The van der Waals surface area contributed by atoms with E-state index in [0.717, 1.165) is 34.8 Å². The van der Waals surface area contributed by atoms with E-state index in [4.69, 9.17) is 0 Å². The third-order valence-electron chi connectivity index (χ3n) is 5.81. The fourth-order valence-electron chi connectivity index (χ4n) is 3.70. The van der Waals surface area contributed by atoms with Crippen molar-refractivity contribution >= 4 is 33.2 Å². The van der Waals surface area contributed by atoms with E-state index in [1.54, 1.807) is 17.9 Å². The van der Waals surface area contributed by atoms with Crippen LogP contribution >= 0.6 is 0 Å². The van der Waals surface area contributed by atoms with Crippen molar-refractivity contribution in [2.45, 2.75) is 44.4 Å². The third kappa shape index (κ3) is 5.19. The van der Waals surface area contributed by atoms with Crippen molar-refractivity contribution in [2.75, 3.05) is 30.9 Å². The molecule has 0 bridgehead atoms. The zero-order chi connectivity index (χ0) is 23.5. The van der Waals surface area contributed by atoms with Gasteiger partial charge < -0.3 is 10.2 Å². The Kier molecular flexibility index (Phi) is 7.36. The maximum Gasteiger partial charge on any atom is 0.242 e. The van der Waals surface area contributed by atoms with E-state index in [0.29, 0.717) is 12.2 Å². The summed E-state index contributed by atoms with van der Waals surface area (Å²) >= 11 is 0. The molecule has 0 radical (unpaired) electrons. The molecule has 1 N–H and O–H groups in total. The summed E-state index contributed by atoms with van der Waals surface area (Å²) < 4.78 is 26.0. The molecule has 1 unspecified atom stereocenters. The molecule has 0 saturated carbocycles. The molecule has 1 aliphatic heterocycles. The second-order valence-electron chi connectivity index (χ2n) is 8.43. The summed E-state index contributed by atoms with van der Waals surface area (Å²) in [5.41, 5.74) is 3.21. The summed E-state index contributed by atoms with van der Waals surface area (Å²) in [6, 6.07) is 12.6. The number of nitrogens with zero attached hydrogens (tertiary/aromatic N) is 2. The topological polar surface area (TPSA) is 86.8 Å². The number of aryl methyl sites for hydroxylation is 2. The summed E-state index contributed by atoms with van der Waals surface area (Å²) in [7, 11) is -0.693. The molecule has 2 aromatic rings. The lowest BCUT2D eigenvalue weighted by Gasteiger charge is -2.18. The van der Waals surface area contributed by atoms with Crippen molar-refractivity contribution in [3.05, 3.63) is 53.6 Å². The summed E-state index contributed by atoms with van der Waals surface area (Å²) in [5.74, 6) is -0.884. The maximum atomic E-state index is 12.9. The van der Waals surface area contributed by atoms with Crippen molar-refractivity contribution in [3.8, 4) is 0 Å². The molecule has 1 fully saturated rings. The van der Waals surface area contributed by atoms with E-state index in [9.17, 15) is 18.0 Å². The quantitative estimate of drug-likeness (QED) is 0.656. The Bertz CT molecular complexity index is 1090. The molecule has 0 aromatic heterocycles. The molecule has 1 saturated heterocycles. The Morgan fingerprint density at radius 3 is 2.47 bits per heavy atom. The zero-order valence-electron chi connectivity index (χ0n) is 19.1. The van der Waals surface area contributed by atoms with Crippen LogP contribution in [0.15, 0.2) is 47.4 Å². The minimum absolute atomic E-state index is 0.0906. The minimum atomic E-state index is -3.61. The van der Waals surface area contributed by atoms with Gasteiger partial charge in [-0.1, -0.05) is 31.5 Å². The van der Waals surface area contributed by atoms with Gasteiger partial charge in [0.25, 0.3) is 0 Å². The van der Waals surface area contributed by atoms with E-state index in [2.05, 4.69) is 12.2 Å². The number of carbonyl (C=O) groups is 2. The second-order valence-corrected chi connectivity index (χ2v) is 10.6. The van der Waals surface area contributed by atoms with E-state index in [-0.39, 0.29) is 23.1 Å². The van der Waals surface area contributed by atoms with Gasteiger partial charge in [-0.3, -0.25) is 9.59 Å². The summed E-state index contributed by atoms with van der Waals surface area (Å²) in [4.78, 5) is 27.2. The number of rotatable bonds is 8. The molecule has 3 rings (SSSR count). The van der Waals surface area contributed by atoms with Crippen molar-refractivity contribution in [3.63, 3.8) is 0 Å². The van der Waals surface area contributed by atoms with Crippen molar-refractivity contribution in [2.24, 2.45) is 5.92 Å². The molecule has 2 aromatic carbocycles. The highest BCUT2D eigenvalue weighted by Crippen LogP contribution is 2.28. The number of unbranched alkanes of at least 4 members (excludes halogenated alkanes) is 1. The van der Waals surface area contributed by atoms with Crippen LogP contribution in [0.2, 0.25) is 0 Å². The molecule has 1 heterocycles. The van der Waals surface area contributed by atoms with Crippen LogP contribution in [0.3, 0.4) is 0 Å². The van der Waals surface area contributed by atoms with Crippen molar-refractivity contribution in [1.82, 2.24) is 4.31 Å². The molecule has 7 nitrogen and oxygen atoms in total. The van der Waals surface area contributed by atoms with Crippen LogP contribution in [-0.2, 0) is 26.0 Å². The average Bonchev–Trinajstić information content (AvgIpc) is 3.15. The van der Waals surface area contributed by atoms with Gasteiger partial charge in [0.05, 0.1) is 10.8 Å². The highest BCUT2D eigenvalue weighted by atomic mass is 32.2. The highest BCUT2D eigenvalue weighted by Gasteiger charge is 2.35. The number of nitrogens with one attached hydrogen (secondary N) is 1. The molecular weight excluding hydrogens is 426 g/mol. The Balaban J connectivity index is 1.71. The summed E-state index contributed by atoms with van der Waals surface area (Å²) in [6.45, 7) is 4.25. The summed E-state index contributed by atoms with van der Waals surface area (Å²) in [6.07, 6.45) is 3.39. The lowest BCUT2D eigenvalue weighted by Crippen LogP contribution is -2.28. The molecule has 2 amide bonds. The van der Waals surface area contributed by atoms with Crippen LogP contribution in [0.4, 0.5) is 11.4 Å². The van der Waals surface area contributed by atoms with Crippen LogP contribution in [0, 0.1) is 12.8 Å². The van der Waals surface area contributed by atoms with E-state index in [1.807, 2.05) is 24.3 Å². The van der Waals surface area contributed by atoms with Crippen LogP contribution in [0.5, 0.6) is 0 Å². The summed E-state index contributed by atoms with van der Waals surface area (Å²) in [5, 5.41) is 2.83. The predicted molar refractivity (Wildman–Crippen MR) is 126 cm³/mol. The second kappa shape index (κ2) is 9.83. The first-order valence-corrected chi connectivity index (χ1v) is 12.3. The monoisotopic (exact) mass is 457 g/mol. The standard InChI is InChI=1S/C24H31N3O4S/c1-5-6-7-18-9-11-20(12-10-18)27-16-19(14-23(27)28)24(29)25-22-15-21(13-8-17(22)2)32(30,31)26(3)4/h8-13,15,19H,5-7,14,16H2,1-4H3,(H,25,29). The van der Waals surface area contributed by atoms with Gasteiger partial charge in [-0.15, -0.1) is 0 Å². The van der Waals surface area contributed by atoms with Gasteiger partial charge in [-0.25, -0.2) is 12.7 Å². The fourth-order valence-corrected chi connectivity index (χ4v) is 4.63. The Morgan fingerprint density at radius 1 is 1.16 bits per heavy atom. The van der Waals surface area contributed by atoms with Crippen molar-refractivity contribution in [1.29, 1.82) is 0 Å². The molecule has 0 spiro atoms. The maximum absolute atomic E-state index is 12.9. The number of hydrogen-bond acceptors (Lipinski definition) is 4. The molecule has 172 valence electrons. The van der Waals surface area contributed by atoms with E-state index in [1.165, 1.54) is 31.8 Å². The smallest absolute Gasteiger partial charge is 0.242 e. The molecule has 8 heteroatoms. The Morgan fingerprint density at radius 2 is 1.84 bits per heavy atom. The van der Waals surface area contributed by atoms with E-state index < -0.39 is 15.9 Å². The first kappa shape index (κ1) is 23.9. The van der Waals surface area contributed by atoms with Gasteiger partial charge in [0.2, 0.25) is 21.8 Å². The number of sulfonamides is 1. The predicted octanol–water partition coefficient (Wildman–Crippen LogP) is 3.58.